The first kappa shape index (κ1) is 15.7. The highest BCUT2D eigenvalue weighted by atomic mass is 16.6. The first-order valence-corrected chi connectivity index (χ1v) is 6.46. The van der Waals surface area contributed by atoms with Crippen molar-refractivity contribution in [3.05, 3.63) is 38.4 Å². The molecule has 0 bridgehead atoms. The van der Waals surface area contributed by atoms with Crippen LogP contribution in [0.4, 0.5) is 5.69 Å². The largest absolute Gasteiger partial charge is 0.291 e. The van der Waals surface area contributed by atoms with Crippen LogP contribution in [0.25, 0.3) is 0 Å². The third-order valence-corrected chi connectivity index (χ3v) is 3.27. The first-order chi connectivity index (χ1) is 9.34. The summed E-state index contributed by atoms with van der Waals surface area (Å²) in [5.41, 5.74) is 1.70. The van der Waals surface area contributed by atoms with Crippen molar-refractivity contribution >= 4 is 5.69 Å². The van der Waals surface area contributed by atoms with Gasteiger partial charge in [-0.05, 0) is 23.0 Å². The van der Waals surface area contributed by atoms with Gasteiger partial charge >= 0.3 is 0 Å². The molecule has 0 radical (unpaired) electrons. The van der Waals surface area contributed by atoms with Gasteiger partial charge in [-0.25, -0.2) is 0 Å². The van der Waals surface area contributed by atoms with Gasteiger partial charge in [0.05, 0.1) is 17.4 Å². The van der Waals surface area contributed by atoms with Gasteiger partial charge in [-0.1, -0.05) is 33.8 Å². The fourth-order valence-corrected chi connectivity index (χ4v) is 2.31. The van der Waals surface area contributed by atoms with E-state index in [0.717, 1.165) is 5.56 Å². The predicted molar refractivity (Wildman–Crippen MR) is 75.3 cm³/mol. The SMILES string of the molecule is CC(C)c1cc(C(C)C)c(CC#N)c([N+](=O)[O-])c1C#N. The van der Waals surface area contributed by atoms with Gasteiger partial charge in [0.1, 0.15) is 11.6 Å². The fourth-order valence-electron chi connectivity index (χ4n) is 2.31. The molecule has 0 aliphatic carbocycles. The van der Waals surface area contributed by atoms with Gasteiger partial charge in [0.15, 0.2) is 0 Å². The Labute approximate surface area is 118 Å². The number of nitrogens with zero attached hydrogens (tertiary/aromatic N) is 3. The van der Waals surface area contributed by atoms with Crippen molar-refractivity contribution in [2.24, 2.45) is 0 Å². The van der Waals surface area contributed by atoms with Gasteiger partial charge in [-0.2, -0.15) is 10.5 Å². The number of benzene rings is 1. The van der Waals surface area contributed by atoms with Gasteiger partial charge in [0.25, 0.3) is 5.69 Å². The Balaban J connectivity index is 3.87. The summed E-state index contributed by atoms with van der Waals surface area (Å²) < 4.78 is 0. The number of nitro benzene ring substituents is 1. The van der Waals surface area contributed by atoms with Crippen LogP contribution >= 0.6 is 0 Å². The van der Waals surface area contributed by atoms with Gasteiger partial charge in [0, 0.05) is 5.56 Å². The lowest BCUT2D eigenvalue weighted by Crippen LogP contribution is -2.08. The van der Waals surface area contributed by atoms with Crippen LogP contribution in [0.2, 0.25) is 0 Å². The molecule has 0 aliphatic heterocycles. The maximum atomic E-state index is 11.4. The van der Waals surface area contributed by atoms with Crippen LogP contribution in [0.3, 0.4) is 0 Å². The maximum absolute atomic E-state index is 11.4. The molecule has 1 aromatic carbocycles. The monoisotopic (exact) mass is 271 g/mol. The van der Waals surface area contributed by atoms with Gasteiger partial charge < -0.3 is 0 Å². The quantitative estimate of drug-likeness (QED) is 0.615. The van der Waals surface area contributed by atoms with Crippen molar-refractivity contribution in [3.8, 4) is 12.1 Å². The van der Waals surface area contributed by atoms with Crippen molar-refractivity contribution in [2.45, 2.75) is 46.0 Å². The van der Waals surface area contributed by atoms with E-state index in [-0.39, 0.29) is 29.5 Å². The third kappa shape index (κ3) is 2.78. The fraction of sp³-hybridized carbons (Fsp3) is 0.467. The Hall–Kier alpha value is -2.40. The molecular formula is C15H17N3O2. The molecule has 0 fully saturated rings. The van der Waals surface area contributed by atoms with E-state index in [2.05, 4.69) is 0 Å². The van der Waals surface area contributed by atoms with Crippen LogP contribution in [0.15, 0.2) is 6.07 Å². The summed E-state index contributed by atoms with van der Waals surface area (Å²) in [6, 6.07) is 5.74. The third-order valence-electron chi connectivity index (χ3n) is 3.27. The lowest BCUT2D eigenvalue weighted by Gasteiger charge is -2.17. The topological polar surface area (TPSA) is 90.7 Å². The minimum atomic E-state index is -0.539. The van der Waals surface area contributed by atoms with Crippen LogP contribution in [-0.4, -0.2) is 4.92 Å². The van der Waals surface area contributed by atoms with Gasteiger partial charge in [-0.15, -0.1) is 0 Å². The number of hydrogen-bond acceptors (Lipinski definition) is 4. The zero-order valence-electron chi connectivity index (χ0n) is 12.1. The van der Waals surface area contributed by atoms with Crippen LogP contribution in [0.1, 0.15) is 61.8 Å². The molecule has 1 aromatic rings. The van der Waals surface area contributed by atoms with Crippen LogP contribution in [-0.2, 0) is 6.42 Å². The highest BCUT2D eigenvalue weighted by Crippen LogP contribution is 2.36. The van der Waals surface area contributed by atoms with Gasteiger partial charge in [0.2, 0.25) is 0 Å². The van der Waals surface area contributed by atoms with E-state index in [1.54, 1.807) is 0 Å². The molecule has 0 heterocycles. The molecule has 0 unspecified atom stereocenters. The summed E-state index contributed by atoms with van der Waals surface area (Å²) >= 11 is 0. The van der Waals surface area contributed by atoms with E-state index in [9.17, 15) is 15.4 Å². The first-order valence-electron chi connectivity index (χ1n) is 6.46. The lowest BCUT2D eigenvalue weighted by atomic mass is 9.85. The predicted octanol–water partition coefficient (Wildman–Crippen LogP) is 3.78. The molecule has 5 nitrogen and oxygen atoms in total. The van der Waals surface area contributed by atoms with E-state index in [4.69, 9.17) is 5.26 Å². The summed E-state index contributed by atoms with van der Waals surface area (Å²) in [5.74, 6) is 0.0688. The second-order valence-electron chi connectivity index (χ2n) is 5.27. The van der Waals surface area contributed by atoms with E-state index in [1.165, 1.54) is 0 Å². The molecule has 104 valence electrons. The maximum Gasteiger partial charge on any atom is 0.291 e. The summed E-state index contributed by atoms with van der Waals surface area (Å²) in [6.45, 7) is 7.65. The number of nitro groups is 1. The van der Waals surface area contributed by atoms with Crippen molar-refractivity contribution in [1.29, 1.82) is 10.5 Å². The second kappa shape index (κ2) is 6.16. The molecule has 0 aromatic heterocycles. The normalized spacial score (nSPS) is 10.4. The van der Waals surface area contributed by atoms with Crippen LogP contribution in [0, 0.1) is 32.8 Å². The standard InChI is InChI=1S/C15H17N3O2/c1-9(2)12-7-13(10(3)4)14(8-17)15(18(19)20)11(12)5-6-16/h7,9-10H,5H2,1-4H3. The molecule has 20 heavy (non-hydrogen) atoms. The van der Waals surface area contributed by atoms with Crippen LogP contribution in [0.5, 0.6) is 0 Å². The van der Waals surface area contributed by atoms with Crippen molar-refractivity contribution in [2.75, 3.05) is 0 Å². The summed E-state index contributed by atoms with van der Waals surface area (Å²) in [7, 11) is 0. The second-order valence-corrected chi connectivity index (χ2v) is 5.27. The molecule has 1 rings (SSSR count). The van der Waals surface area contributed by atoms with Crippen molar-refractivity contribution < 1.29 is 4.92 Å². The minimum absolute atomic E-state index is 0.0111. The smallest absolute Gasteiger partial charge is 0.258 e. The molecule has 0 saturated carbocycles. The highest BCUT2D eigenvalue weighted by Gasteiger charge is 2.28. The van der Waals surface area contributed by atoms with Crippen LogP contribution < -0.4 is 0 Å². The lowest BCUT2D eigenvalue weighted by molar-refractivity contribution is -0.385. The molecule has 0 spiro atoms. The van der Waals surface area contributed by atoms with E-state index >= 15 is 0 Å². The van der Waals surface area contributed by atoms with Crippen molar-refractivity contribution in [3.63, 3.8) is 0 Å². The summed E-state index contributed by atoms with van der Waals surface area (Å²) in [5, 5.41) is 29.6. The Kier molecular flexibility index (Phi) is 4.83. The Morgan fingerprint density at radius 3 is 2.10 bits per heavy atom. The van der Waals surface area contributed by atoms with Gasteiger partial charge in [-0.3, -0.25) is 10.1 Å². The minimum Gasteiger partial charge on any atom is -0.258 e. The Morgan fingerprint density at radius 1 is 1.20 bits per heavy atom. The Morgan fingerprint density at radius 2 is 1.75 bits per heavy atom. The van der Waals surface area contributed by atoms with Crippen molar-refractivity contribution in [1.82, 2.24) is 0 Å². The summed E-state index contributed by atoms with van der Waals surface area (Å²) in [6.07, 6.45) is -0.0586. The van der Waals surface area contributed by atoms with E-state index in [1.807, 2.05) is 45.9 Å². The van der Waals surface area contributed by atoms with E-state index < -0.39 is 4.92 Å². The van der Waals surface area contributed by atoms with E-state index in [0.29, 0.717) is 11.1 Å². The molecule has 5 heteroatoms. The molecule has 0 amide bonds. The average molecular weight is 271 g/mol. The zero-order chi connectivity index (χ0) is 15.4. The number of rotatable bonds is 4. The zero-order valence-corrected chi connectivity index (χ0v) is 12.1. The average Bonchev–Trinajstić information content (AvgIpc) is 2.36. The number of nitriles is 2. The Bertz CT molecular complexity index is 619. The highest BCUT2D eigenvalue weighted by molar-refractivity contribution is 5.63. The molecular weight excluding hydrogens is 254 g/mol. The molecule has 0 N–H and O–H groups in total. The number of hydrogen-bond donors (Lipinski definition) is 0. The molecule has 0 aliphatic rings. The molecule has 0 saturated heterocycles. The summed E-state index contributed by atoms with van der Waals surface area (Å²) in [4.78, 5) is 10.8. The molecule has 0 atom stereocenters.